The molecule has 0 heterocycles. The van der Waals surface area contributed by atoms with Gasteiger partial charge in [-0.05, 0) is 49.4 Å². The maximum atomic E-state index is 13.2. The molecule has 7 nitrogen and oxygen atoms in total. The number of rotatable bonds is 10. The quantitative estimate of drug-likeness (QED) is 0.479. The molecule has 0 unspecified atom stereocenters. The normalized spacial score (nSPS) is 13.6. The number of likely N-dealkylation sites (N-methyl/N-ethyl adjacent to an activating group) is 1. The number of halogens is 3. The molecule has 186 valence electrons. The number of hydrogen-bond donors (Lipinski definition) is 2. The van der Waals surface area contributed by atoms with Gasteiger partial charge >= 0.3 is 6.03 Å². The van der Waals surface area contributed by atoms with Crippen molar-refractivity contribution in [1.82, 2.24) is 9.80 Å². The molecule has 0 spiro atoms. The van der Waals surface area contributed by atoms with Crippen molar-refractivity contribution in [3.63, 3.8) is 0 Å². The summed E-state index contributed by atoms with van der Waals surface area (Å²) in [7, 11) is 3.18. The van der Waals surface area contributed by atoms with E-state index >= 15 is 0 Å². The molecule has 0 aliphatic heterocycles. The lowest BCUT2D eigenvalue weighted by Crippen LogP contribution is -2.48. The minimum atomic E-state index is -0.478. The van der Waals surface area contributed by atoms with Crippen LogP contribution in [0.15, 0.2) is 42.5 Å². The third-order valence-corrected chi connectivity index (χ3v) is 5.92. The largest absolute Gasteiger partial charge is 0.394 e. The summed E-state index contributed by atoms with van der Waals surface area (Å²) < 4.78 is 18.8. The summed E-state index contributed by atoms with van der Waals surface area (Å²) in [5.74, 6) is -0.877. The van der Waals surface area contributed by atoms with Crippen LogP contribution in [0.1, 0.15) is 24.2 Å². The highest BCUT2D eigenvalue weighted by molar-refractivity contribution is 6.35. The maximum absolute atomic E-state index is 13.2. The molecule has 0 fully saturated rings. The molecule has 2 N–H and O–H groups in total. The summed E-state index contributed by atoms with van der Waals surface area (Å²) >= 11 is 12.0. The molecule has 0 aliphatic rings. The SMILES string of the molecule is CO[C@H](CN(C)C(=O)c1cc(Cl)cc(Cl)c1)[C@@H](C)CN(C(=O)Nc1ccc(F)cc1)[C@@H](C)CO. The van der Waals surface area contributed by atoms with Gasteiger partial charge in [0.15, 0.2) is 0 Å². The second-order valence-corrected chi connectivity index (χ2v) is 9.09. The molecule has 3 amide bonds. The average molecular weight is 514 g/mol. The predicted octanol–water partition coefficient (Wildman–Crippen LogP) is 4.77. The molecule has 3 atom stereocenters. The number of nitrogens with zero attached hydrogens (tertiary/aromatic N) is 2. The number of aliphatic hydroxyl groups is 1. The lowest BCUT2D eigenvalue weighted by Gasteiger charge is -2.34. The van der Waals surface area contributed by atoms with Crippen LogP contribution in [-0.2, 0) is 4.74 Å². The van der Waals surface area contributed by atoms with Crippen molar-refractivity contribution in [1.29, 1.82) is 0 Å². The molecular formula is C24H30Cl2FN3O4. The second kappa shape index (κ2) is 12.9. The predicted molar refractivity (Wildman–Crippen MR) is 132 cm³/mol. The Morgan fingerprint density at radius 1 is 1.09 bits per heavy atom. The highest BCUT2D eigenvalue weighted by Gasteiger charge is 2.28. The van der Waals surface area contributed by atoms with Gasteiger partial charge in [0.05, 0.1) is 18.8 Å². The van der Waals surface area contributed by atoms with Gasteiger partial charge in [-0.15, -0.1) is 0 Å². The Morgan fingerprint density at radius 3 is 2.21 bits per heavy atom. The van der Waals surface area contributed by atoms with Crippen LogP contribution in [0, 0.1) is 11.7 Å². The number of ether oxygens (including phenoxy) is 1. The van der Waals surface area contributed by atoms with Crippen molar-refractivity contribution >= 4 is 40.8 Å². The molecule has 0 saturated heterocycles. The van der Waals surface area contributed by atoms with Crippen LogP contribution in [-0.4, -0.2) is 72.8 Å². The van der Waals surface area contributed by atoms with E-state index in [1.54, 1.807) is 32.2 Å². The Labute approximate surface area is 209 Å². The lowest BCUT2D eigenvalue weighted by molar-refractivity contribution is 0.0183. The van der Waals surface area contributed by atoms with Gasteiger partial charge in [0.1, 0.15) is 5.82 Å². The van der Waals surface area contributed by atoms with Crippen LogP contribution >= 0.6 is 23.2 Å². The standard InChI is InChI=1S/C24H30Cl2FN3O4/c1-15(12-30(16(2)14-31)24(33)28-21-7-5-20(27)6-8-21)22(34-4)13-29(3)23(32)17-9-18(25)11-19(26)10-17/h5-11,15-16,22,31H,12-14H2,1-4H3,(H,28,33)/t15-,16-,22+/m0/s1. The highest BCUT2D eigenvalue weighted by atomic mass is 35.5. The maximum Gasteiger partial charge on any atom is 0.322 e. The Morgan fingerprint density at radius 2 is 1.68 bits per heavy atom. The molecule has 34 heavy (non-hydrogen) atoms. The number of amides is 3. The van der Waals surface area contributed by atoms with E-state index in [0.29, 0.717) is 21.3 Å². The number of carbonyl (C=O) groups is 2. The van der Waals surface area contributed by atoms with E-state index in [-0.39, 0.29) is 31.5 Å². The van der Waals surface area contributed by atoms with Crippen LogP contribution in [0.4, 0.5) is 14.9 Å². The summed E-state index contributed by atoms with van der Waals surface area (Å²) in [5.41, 5.74) is 0.791. The summed E-state index contributed by atoms with van der Waals surface area (Å²) in [6, 6.07) is 9.13. The van der Waals surface area contributed by atoms with Crippen molar-refractivity contribution in [2.45, 2.75) is 26.0 Å². The Bertz CT molecular complexity index is 957. The van der Waals surface area contributed by atoms with Crippen molar-refractivity contribution in [3.05, 3.63) is 63.9 Å². The zero-order valence-corrected chi connectivity index (χ0v) is 21.1. The van der Waals surface area contributed by atoms with Gasteiger partial charge in [-0.1, -0.05) is 30.1 Å². The Balaban J connectivity index is 2.09. The lowest BCUT2D eigenvalue weighted by atomic mass is 10.0. The monoisotopic (exact) mass is 513 g/mol. The molecule has 2 rings (SSSR count). The van der Waals surface area contributed by atoms with Gasteiger partial charge < -0.3 is 25.0 Å². The van der Waals surface area contributed by atoms with Gasteiger partial charge in [-0.25, -0.2) is 9.18 Å². The van der Waals surface area contributed by atoms with Crippen molar-refractivity contribution in [2.75, 3.05) is 39.2 Å². The van der Waals surface area contributed by atoms with Crippen LogP contribution in [0.25, 0.3) is 0 Å². The number of hydrogen-bond acceptors (Lipinski definition) is 4. The number of benzene rings is 2. The van der Waals surface area contributed by atoms with Gasteiger partial charge in [-0.3, -0.25) is 4.79 Å². The topological polar surface area (TPSA) is 82.1 Å². The van der Waals surface area contributed by atoms with E-state index in [9.17, 15) is 19.1 Å². The number of carbonyl (C=O) groups excluding carboxylic acids is 2. The third-order valence-electron chi connectivity index (χ3n) is 5.48. The first-order chi connectivity index (χ1) is 16.0. The zero-order chi connectivity index (χ0) is 25.4. The van der Waals surface area contributed by atoms with Crippen LogP contribution in [0.2, 0.25) is 10.0 Å². The zero-order valence-electron chi connectivity index (χ0n) is 19.6. The molecule has 0 bridgehead atoms. The van der Waals surface area contributed by atoms with E-state index in [0.717, 1.165) is 0 Å². The number of methoxy groups -OCH3 is 1. The second-order valence-electron chi connectivity index (χ2n) is 8.22. The molecule has 0 aromatic heterocycles. The summed E-state index contributed by atoms with van der Waals surface area (Å²) in [6.07, 6.45) is -0.407. The van der Waals surface area contributed by atoms with E-state index in [1.807, 2.05) is 6.92 Å². The molecule has 2 aromatic rings. The molecule has 0 saturated carbocycles. The third kappa shape index (κ3) is 7.84. The Hall–Kier alpha value is -2.39. The fraction of sp³-hybridized carbons (Fsp3) is 0.417. The summed E-state index contributed by atoms with van der Waals surface area (Å²) in [5, 5.41) is 13.1. The smallest absolute Gasteiger partial charge is 0.322 e. The Kier molecular flexibility index (Phi) is 10.6. The first-order valence-electron chi connectivity index (χ1n) is 10.7. The summed E-state index contributed by atoms with van der Waals surface area (Å²) in [4.78, 5) is 28.7. The number of anilines is 1. The number of aliphatic hydroxyl groups excluding tert-OH is 1. The number of nitrogens with one attached hydrogen (secondary N) is 1. The minimum absolute atomic E-state index is 0.198. The van der Waals surface area contributed by atoms with Gasteiger partial charge in [-0.2, -0.15) is 0 Å². The van der Waals surface area contributed by atoms with Crippen molar-refractivity contribution in [3.8, 4) is 0 Å². The highest BCUT2D eigenvalue weighted by Crippen LogP contribution is 2.21. The van der Waals surface area contributed by atoms with Crippen LogP contribution in [0.5, 0.6) is 0 Å². The fourth-order valence-electron chi connectivity index (χ4n) is 3.46. The molecule has 2 aromatic carbocycles. The first-order valence-corrected chi connectivity index (χ1v) is 11.5. The van der Waals surface area contributed by atoms with Gasteiger partial charge in [0.25, 0.3) is 5.91 Å². The van der Waals surface area contributed by atoms with E-state index in [1.165, 1.54) is 41.2 Å². The minimum Gasteiger partial charge on any atom is -0.394 e. The van der Waals surface area contributed by atoms with Crippen LogP contribution < -0.4 is 5.32 Å². The first kappa shape index (κ1) is 27.9. The van der Waals surface area contributed by atoms with Crippen molar-refractivity contribution in [2.24, 2.45) is 5.92 Å². The fourth-order valence-corrected chi connectivity index (χ4v) is 3.98. The van der Waals surface area contributed by atoms with Gasteiger partial charge in [0, 0.05) is 54.5 Å². The van der Waals surface area contributed by atoms with E-state index < -0.39 is 24.0 Å². The molecular weight excluding hydrogens is 484 g/mol. The van der Waals surface area contributed by atoms with Crippen molar-refractivity contribution < 1.29 is 23.8 Å². The molecule has 0 aliphatic carbocycles. The summed E-state index contributed by atoms with van der Waals surface area (Å²) in [6.45, 7) is 3.87. The average Bonchev–Trinajstić information content (AvgIpc) is 2.80. The molecule has 0 radical (unpaired) electrons. The number of urea groups is 1. The van der Waals surface area contributed by atoms with E-state index in [2.05, 4.69) is 5.32 Å². The van der Waals surface area contributed by atoms with Gasteiger partial charge in [0.2, 0.25) is 0 Å². The molecule has 10 heteroatoms. The van der Waals surface area contributed by atoms with E-state index in [4.69, 9.17) is 27.9 Å². The van der Waals surface area contributed by atoms with Crippen LogP contribution in [0.3, 0.4) is 0 Å².